The van der Waals surface area contributed by atoms with Gasteiger partial charge in [-0.1, -0.05) is 0 Å². The predicted molar refractivity (Wildman–Crippen MR) is 116 cm³/mol. The molecule has 12 nitrogen and oxygen atoms in total. The number of aromatic nitrogens is 4. The first-order chi connectivity index (χ1) is 15.7. The molecule has 1 aliphatic carbocycles. The minimum atomic E-state index is -4.10. The summed E-state index contributed by atoms with van der Waals surface area (Å²) in [6.45, 7) is 0.0738. The highest BCUT2D eigenvalue weighted by atomic mass is 35.5. The third-order valence-electron chi connectivity index (χ3n) is 5.22. The Balaban J connectivity index is 1.44. The van der Waals surface area contributed by atoms with Crippen molar-refractivity contribution in [3.05, 3.63) is 59.2 Å². The summed E-state index contributed by atoms with van der Waals surface area (Å²) in [5.74, 6) is 0.0513. The quantitative estimate of drug-likeness (QED) is 0.362. The number of nitrogens with two attached hydrogens (primary N) is 1. The number of nitrogens with one attached hydrogen (secondary N) is 1. The van der Waals surface area contributed by atoms with Gasteiger partial charge in [-0.2, -0.15) is 13.5 Å². The van der Waals surface area contributed by atoms with Gasteiger partial charge in [-0.25, -0.2) is 15.1 Å². The molecule has 0 aliphatic heterocycles. The van der Waals surface area contributed by atoms with Crippen LogP contribution in [0.15, 0.2) is 41.3 Å². The van der Waals surface area contributed by atoms with Crippen LogP contribution in [-0.2, 0) is 21.0 Å². The predicted octanol–water partition coefficient (Wildman–Crippen LogP) is 0.970. The van der Waals surface area contributed by atoms with Crippen LogP contribution >= 0.6 is 11.6 Å². The lowest BCUT2D eigenvalue weighted by molar-refractivity contribution is 0.101. The largest absolute Gasteiger partial charge is 0.448 e. The van der Waals surface area contributed by atoms with Crippen molar-refractivity contribution in [2.24, 2.45) is 11.1 Å². The highest BCUT2D eigenvalue weighted by Crippen LogP contribution is 2.30. The summed E-state index contributed by atoms with van der Waals surface area (Å²) in [5, 5.41) is 22.8. The number of ketones is 1. The Bertz CT molecular complexity index is 1240. The number of nitrogens with zero attached hydrogens (tertiary/aromatic N) is 4. The molecule has 3 aromatic heterocycles. The molecule has 4 N–H and O–H groups in total. The van der Waals surface area contributed by atoms with E-state index in [1.54, 1.807) is 29.1 Å². The molecule has 0 bridgehead atoms. The summed E-state index contributed by atoms with van der Waals surface area (Å²) in [4.78, 5) is 21.2. The zero-order valence-corrected chi connectivity index (χ0v) is 18.7. The maximum atomic E-state index is 13.1. The number of anilines is 1. The van der Waals surface area contributed by atoms with Gasteiger partial charge < -0.3 is 14.8 Å². The molecule has 3 heterocycles. The van der Waals surface area contributed by atoms with E-state index in [-0.39, 0.29) is 40.7 Å². The molecule has 0 aromatic carbocycles. The van der Waals surface area contributed by atoms with Crippen molar-refractivity contribution in [3.63, 3.8) is 0 Å². The van der Waals surface area contributed by atoms with Gasteiger partial charge >= 0.3 is 10.3 Å². The molecule has 0 radical (unpaired) electrons. The van der Waals surface area contributed by atoms with Crippen LogP contribution in [-0.4, -0.2) is 57.8 Å². The minimum absolute atomic E-state index is 0.191. The summed E-state index contributed by atoms with van der Waals surface area (Å²) in [6, 6.07) is 4.65. The van der Waals surface area contributed by atoms with Crippen LogP contribution < -0.4 is 10.5 Å². The van der Waals surface area contributed by atoms with Crippen molar-refractivity contribution < 1.29 is 26.9 Å². The minimum Gasteiger partial charge on any atom is -0.448 e. The zero-order valence-electron chi connectivity index (χ0n) is 17.2. The maximum Gasteiger partial charge on any atom is 0.333 e. The van der Waals surface area contributed by atoms with E-state index in [2.05, 4.69) is 24.6 Å². The van der Waals surface area contributed by atoms with E-state index >= 15 is 0 Å². The van der Waals surface area contributed by atoms with Crippen molar-refractivity contribution in [1.82, 2.24) is 19.7 Å². The van der Waals surface area contributed by atoms with Gasteiger partial charge in [0.15, 0.2) is 5.22 Å². The van der Waals surface area contributed by atoms with Crippen molar-refractivity contribution in [3.8, 4) is 0 Å². The first-order valence-corrected chi connectivity index (χ1v) is 11.8. The van der Waals surface area contributed by atoms with Crippen LogP contribution in [0.5, 0.6) is 0 Å². The SMILES string of the molecule is NS(=O)(=O)OC[C@H]1C[C@@H](Nc2ncncc2C(=O)c2ccn(Cc3ccc(Cl)o3)n2)C[C@@H]1O. The van der Waals surface area contributed by atoms with Gasteiger partial charge in [-0.05, 0) is 42.6 Å². The number of hydrogen-bond acceptors (Lipinski definition) is 10. The molecule has 176 valence electrons. The third kappa shape index (κ3) is 5.94. The standard InChI is InChI=1S/C19H21ClN6O6S/c20-17-2-1-13(32-17)8-26-4-3-15(25-26)18(28)14-7-22-10-23-19(14)24-12-5-11(16(27)6-12)9-31-33(21,29)30/h1-4,7,10-12,16,27H,5-6,8-9H2,(H2,21,29,30)(H,22,23,24)/t11-,12-,16+/m1/s1. The van der Waals surface area contributed by atoms with Crippen LogP contribution in [0.2, 0.25) is 5.22 Å². The van der Waals surface area contributed by atoms with E-state index < -0.39 is 22.3 Å². The zero-order chi connectivity index (χ0) is 23.6. The molecule has 1 fully saturated rings. The van der Waals surface area contributed by atoms with Crippen molar-refractivity contribution in [2.45, 2.75) is 31.5 Å². The molecule has 0 saturated heterocycles. The Hall–Kier alpha value is -2.84. The van der Waals surface area contributed by atoms with Gasteiger partial charge in [0.2, 0.25) is 5.78 Å². The molecule has 1 aliphatic rings. The Morgan fingerprint density at radius 3 is 2.91 bits per heavy atom. The second-order valence-electron chi connectivity index (χ2n) is 7.64. The fourth-order valence-electron chi connectivity index (χ4n) is 3.69. The molecule has 14 heteroatoms. The van der Waals surface area contributed by atoms with Crippen molar-refractivity contribution >= 4 is 33.5 Å². The molecule has 0 spiro atoms. The first kappa shape index (κ1) is 23.3. The maximum absolute atomic E-state index is 13.1. The van der Waals surface area contributed by atoms with Crippen LogP contribution in [0, 0.1) is 5.92 Å². The van der Waals surface area contributed by atoms with Gasteiger partial charge in [-0.3, -0.25) is 13.7 Å². The average molecular weight is 497 g/mol. The number of carbonyl (C=O) groups excluding carboxylic acids is 1. The number of carbonyl (C=O) groups is 1. The molecule has 0 unspecified atom stereocenters. The second-order valence-corrected chi connectivity index (χ2v) is 9.23. The monoisotopic (exact) mass is 496 g/mol. The summed E-state index contributed by atoms with van der Waals surface area (Å²) in [7, 11) is -4.10. The lowest BCUT2D eigenvalue weighted by Gasteiger charge is -2.15. The van der Waals surface area contributed by atoms with Gasteiger partial charge in [0, 0.05) is 24.4 Å². The number of aliphatic hydroxyl groups is 1. The smallest absolute Gasteiger partial charge is 0.333 e. The summed E-state index contributed by atoms with van der Waals surface area (Å²) in [5.41, 5.74) is 0.402. The highest BCUT2D eigenvalue weighted by molar-refractivity contribution is 7.84. The fourth-order valence-corrected chi connectivity index (χ4v) is 4.22. The average Bonchev–Trinajstić information content (AvgIpc) is 3.47. The van der Waals surface area contributed by atoms with E-state index in [0.29, 0.717) is 25.1 Å². The molecular formula is C19H21ClN6O6S. The Morgan fingerprint density at radius 2 is 2.18 bits per heavy atom. The van der Waals surface area contributed by atoms with Crippen molar-refractivity contribution in [2.75, 3.05) is 11.9 Å². The molecule has 3 aromatic rings. The van der Waals surface area contributed by atoms with Gasteiger partial charge in [-0.15, -0.1) is 0 Å². The highest BCUT2D eigenvalue weighted by Gasteiger charge is 2.34. The summed E-state index contributed by atoms with van der Waals surface area (Å²) >= 11 is 5.78. The number of halogens is 1. The first-order valence-electron chi connectivity index (χ1n) is 9.92. The number of hydrogen-bond donors (Lipinski definition) is 3. The lowest BCUT2D eigenvalue weighted by atomic mass is 10.1. The number of rotatable bonds is 9. The second kappa shape index (κ2) is 9.57. The Labute approximate surface area is 194 Å². The molecule has 0 amide bonds. The molecular weight excluding hydrogens is 476 g/mol. The van der Waals surface area contributed by atoms with Crippen LogP contribution in [0.1, 0.15) is 34.7 Å². The van der Waals surface area contributed by atoms with Crippen LogP contribution in [0.25, 0.3) is 0 Å². The van der Waals surface area contributed by atoms with E-state index in [9.17, 15) is 18.3 Å². The third-order valence-corrected chi connectivity index (χ3v) is 5.89. The molecule has 4 rings (SSSR count). The normalized spacial score (nSPS) is 20.8. The van der Waals surface area contributed by atoms with Crippen LogP contribution in [0.4, 0.5) is 5.82 Å². The molecule has 33 heavy (non-hydrogen) atoms. The molecule has 1 saturated carbocycles. The van der Waals surface area contributed by atoms with E-state index in [1.807, 2.05) is 0 Å². The van der Waals surface area contributed by atoms with Gasteiger partial charge in [0.25, 0.3) is 0 Å². The summed E-state index contributed by atoms with van der Waals surface area (Å²) in [6.07, 6.45) is 4.24. The number of aliphatic hydroxyl groups excluding tert-OH is 1. The van der Waals surface area contributed by atoms with E-state index in [1.165, 1.54) is 12.5 Å². The number of furan rings is 1. The van der Waals surface area contributed by atoms with Crippen molar-refractivity contribution in [1.29, 1.82) is 0 Å². The lowest BCUT2D eigenvalue weighted by Crippen LogP contribution is -2.24. The summed E-state index contributed by atoms with van der Waals surface area (Å²) < 4.78 is 33.5. The van der Waals surface area contributed by atoms with Crippen LogP contribution in [0.3, 0.4) is 0 Å². The van der Waals surface area contributed by atoms with Gasteiger partial charge in [0.1, 0.15) is 23.6 Å². The fraction of sp³-hybridized carbons (Fsp3) is 0.368. The Kier molecular flexibility index (Phi) is 6.76. The molecule has 3 atom stereocenters. The van der Waals surface area contributed by atoms with E-state index in [4.69, 9.17) is 21.2 Å². The topological polar surface area (TPSA) is 175 Å². The van der Waals surface area contributed by atoms with Gasteiger partial charge in [0.05, 0.1) is 24.8 Å². The van der Waals surface area contributed by atoms with E-state index in [0.717, 1.165) is 0 Å². The Morgan fingerprint density at radius 1 is 1.36 bits per heavy atom.